The molecule has 0 bridgehead atoms. The molecule has 0 unspecified atom stereocenters. The summed E-state index contributed by atoms with van der Waals surface area (Å²) < 4.78 is 35.6. The number of rotatable bonds is 6. The molecule has 0 aromatic heterocycles. The van der Waals surface area contributed by atoms with E-state index < -0.39 is 28.1 Å². The summed E-state index contributed by atoms with van der Waals surface area (Å²) >= 11 is 0. The van der Waals surface area contributed by atoms with Crippen molar-refractivity contribution in [3.05, 3.63) is 23.8 Å². The number of benzene rings is 1. The van der Waals surface area contributed by atoms with Crippen LogP contribution in [0.5, 0.6) is 0 Å². The molecule has 1 aliphatic rings. The Bertz CT molecular complexity index is 784. The highest BCUT2D eigenvalue weighted by Crippen LogP contribution is 2.29. The van der Waals surface area contributed by atoms with Gasteiger partial charge in [0.15, 0.2) is 6.10 Å². The second-order valence-corrected chi connectivity index (χ2v) is 8.38. The highest BCUT2D eigenvalue weighted by Gasteiger charge is 2.27. The van der Waals surface area contributed by atoms with Crippen molar-refractivity contribution in [1.82, 2.24) is 4.31 Å². The lowest BCUT2D eigenvalue weighted by Gasteiger charge is -2.22. The fourth-order valence-electron chi connectivity index (χ4n) is 2.72. The lowest BCUT2D eigenvalue weighted by molar-refractivity contribution is -0.149. The summed E-state index contributed by atoms with van der Waals surface area (Å²) in [5.74, 6) is -1.45. The fourth-order valence-corrected chi connectivity index (χ4v) is 3.65. The Morgan fingerprint density at radius 2 is 1.81 bits per heavy atom. The van der Waals surface area contributed by atoms with E-state index in [1.165, 1.54) is 40.3 Å². The molecule has 1 fully saturated rings. The highest BCUT2D eigenvalue weighted by molar-refractivity contribution is 7.89. The summed E-state index contributed by atoms with van der Waals surface area (Å²) in [6, 6.07) is 4.39. The van der Waals surface area contributed by atoms with Gasteiger partial charge in [0.1, 0.15) is 0 Å². The first kappa shape index (κ1) is 20.2. The van der Waals surface area contributed by atoms with Gasteiger partial charge in [0, 0.05) is 27.2 Å². The standard InChI is InChI=1S/C17H24N2O6S/c1-12(16(20)24-4)25-17(21)14-11-13(26(22,23)18(2)3)7-8-15(14)19-9-5-6-10-19/h7-8,11-12H,5-6,9-10H2,1-4H3/t12-/m0/s1. The molecule has 0 saturated carbocycles. The maximum absolute atomic E-state index is 12.6. The molecule has 0 spiro atoms. The molecule has 0 N–H and O–H groups in total. The number of carbonyl (C=O) groups excluding carboxylic acids is 2. The van der Waals surface area contributed by atoms with E-state index in [1.54, 1.807) is 6.07 Å². The second kappa shape index (κ2) is 8.05. The van der Waals surface area contributed by atoms with Gasteiger partial charge in [0.25, 0.3) is 0 Å². The number of nitrogens with zero attached hydrogens (tertiary/aromatic N) is 2. The van der Waals surface area contributed by atoms with Crippen molar-refractivity contribution in [2.75, 3.05) is 39.2 Å². The minimum Gasteiger partial charge on any atom is -0.466 e. The Kier molecular flexibility index (Phi) is 6.25. The van der Waals surface area contributed by atoms with Crippen molar-refractivity contribution in [3.8, 4) is 0 Å². The Labute approximate surface area is 153 Å². The van der Waals surface area contributed by atoms with Gasteiger partial charge >= 0.3 is 11.9 Å². The normalized spacial score (nSPS) is 15.8. The van der Waals surface area contributed by atoms with Gasteiger partial charge in [-0.3, -0.25) is 0 Å². The van der Waals surface area contributed by atoms with E-state index in [2.05, 4.69) is 4.74 Å². The SMILES string of the molecule is COC(=O)[C@H](C)OC(=O)c1cc(S(=O)(=O)N(C)C)ccc1N1CCCC1. The van der Waals surface area contributed by atoms with Crippen LogP contribution in [0.1, 0.15) is 30.1 Å². The van der Waals surface area contributed by atoms with E-state index in [0.717, 1.165) is 30.2 Å². The zero-order chi connectivity index (χ0) is 19.5. The largest absolute Gasteiger partial charge is 0.466 e. The van der Waals surface area contributed by atoms with Crippen molar-refractivity contribution in [2.24, 2.45) is 0 Å². The molecule has 1 aromatic carbocycles. The summed E-state index contributed by atoms with van der Waals surface area (Å²) in [6.07, 6.45) is 0.892. The molecule has 2 rings (SSSR count). The average molecular weight is 384 g/mol. The van der Waals surface area contributed by atoms with Crippen LogP contribution in [0.25, 0.3) is 0 Å². The average Bonchev–Trinajstić information content (AvgIpc) is 3.14. The van der Waals surface area contributed by atoms with Gasteiger partial charge in [0.2, 0.25) is 10.0 Å². The van der Waals surface area contributed by atoms with Crippen LogP contribution in [0.3, 0.4) is 0 Å². The summed E-state index contributed by atoms with van der Waals surface area (Å²) in [7, 11) is 0.329. The van der Waals surface area contributed by atoms with Gasteiger partial charge in [0.05, 0.1) is 23.3 Å². The first-order valence-electron chi connectivity index (χ1n) is 8.29. The van der Waals surface area contributed by atoms with E-state index >= 15 is 0 Å². The zero-order valence-electron chi connectivity index (χ0n) is 15.4. The van der Waals surface area contributed by atoms with Crippen LogP contribution < -0.4 is 4.90 Å². The summed E-state index contributed by atoms with van der Waals surface area (Å²) in [5, 5.41) is 0. The van der Waals surface area contributed by atoms with Gasteiger partial charge < -0.3 is 14.4 Å². The molecule has 0 amide bonds. The molecule has 0 aliphatic carbocycles. The lowest BCUT2D eigenvalue weighted by atomic mass is 10.1. The first-order valence-corrected chi connectivity index (χ1v) is 9.73. The predicted octanol–water partition coefficient (Wildman–Crippen LogP) is 1.26. The number of anilines is 1. The molecule has 8 nitrogen and oxygen atoms in total. The lowest BCUT2D eigenvalue weighted by Crippen LogP contribution is -2.28. The van der Waals surface area contributed by atoms with Gasteiger partial charge in [-0.1, -0.05) is 0 Å². The van der Waals surface area contributed by atoms with Gasteiger partial charge in [-0.05, 0) is 38.0 Å². The molecule has 0 radical (unpaired) electrons. The number of esters is 2. The van der Waals surface area contributed by atoms with Crippen LogP contribution >= 0.6 is 0 Å². The number of carbonyl (C=O) groups is 2. The third-order valence-corrected chi connectivity index (χ3v) is 6.04. The molecule has 1 atom stereocenters. The molecular formula is C17H24N2O6S. The van der Waals surface area contributed by atoms with E-state index in [4.69, 9.17) is 4.74 Å². The van der Waals surface area contributed by atoms with Crippen LogP contribution in [0.4, 0.5) is 5.69 Å². The number of hydrogen-bond donors (Lipinski definition) is 0. The smallest absolute Gasteiger partial charge is 0.346 e. The summed E-state index contributed by atoms with van der Waals surface area (Å²) in [5.41, 5.74) is 0.716. The van der Waals surface area contributed by atoms with Crippen LogP contribution in [0.15, 0.2) is 23.1 Å². The molecule has 1 aromatic rings. The van der Waals surface area contributed by atoms with E-state index in [-0.39, 0.29) is 10.5 Å². The maximum Gasteiger partial charge on any atom is 0.346 e. The van der Waals surface area contributed by atoms with Crippen molar-refractivity contribution in [1.29, 1.82) is 0 Å². The van der Waals surface area contributed by atoms with E-state index in [1.807, 2.05) is 4.90 Å². The topological polar surface area (TPSA) is 93.2 Å². The van der Waals surface area contributed by atoms with Crippen molar-refractivity contribution >= 4 is 27.6 Å². The predicted molar refractivity (Wildman–Crippen MR) is 95.7 cm³/mol. The zero-order valence-corrected chi connectivity index (χ0v) is 16.2. The van der Waals surface area contributed by atoms with Crippen LogP contribution in [0, 0.1) is 0 Å². The maximum atomic E-state index is 12.6. The Balaban J connectivity index is 2.44. The van der Waals surface area contributed by atoms with Crippen molar-refractivity contribution in [2.45, 2.75) is 30.8 Å². The molecule has 1 aliphatic heterocycles. The number of ether oxygens (including phenoxy) is 2. The molecule has 9 heteroatoms. The molecular weight excluding hydrogens is 360 g/mol. The van der Waals surface area contributed by atoms with Gasteiger partial charge in [-0.25, -0.2) is 22.3 Å². The van der Waals surface area contributed by atoms with Crippen molar-refractivity contribution < 1.29 is 27.5 Å². The van der Waals surface area contributed by atoms with Gasteiger partial charge in [-0.15, -0.1) is 0 Å². The second-order valence-electron chi connectivity index (χ2n) is 6.23. The molecule has 1 saturated heterocycles. The van der Waals surface area contributed by atoms with Crippen molar-refractivity contribution in [3.63, 3.8) is 0 Å². The van der Waals surface area contributed by atoms with Crippen LogP contribution in [-0.4, -0.2) is 65.1 Å². The fraction of sp³-hybridized carbons (Fsp3) is 0.529. The van der Waals surface area contributed by atoms with E-state index in [0.29, 0.717) is 5.69 Å². The highest BCUT2D eigenvalue weighted by atomic mass is 32.2. The third-order valence-electron chi connectivity index (χ3n) is 4.23. The molecule has 1 heterocycles. The monoisotopic (exact) mass is 384 g/mol. The molecule has 26 heavy (non-hydrogen) atoms. The number of methoxy groups -OCH3 is 1. The van der Waals surface area contributed by atoms with Crippen LogP contribution in [-0.2, 0) is 24.3 Å². The quantitative estimate of drug-likeness (QED) is 0.682. The summed E-state index contributed by atoms with van der Waals surface area (Å²) in [4.78, 5) is 26.2. The minimum absolute atomic E-state index is 0.0110. The Morgan fingerprint density at radius 3 is 2.35 bits per heavy atom. The minimum atomic E-state index is -3.71. The van der Waals surface area contributed by atoms with Gasteiger partial charge in [-0.2, -0.15) is 0 Å². The number of hydrogen-bond acceptors (Lipinski definition) is 7. The van der Waals surface area contributed by atoms with E-state index in [9.17, 15) is 18.0 Å². The summed E-state index contributed by atoms with van der Waals surface area (Å²) in [6.45, 7) is 2.94. The number of sulfonamides is 1. The Morgan fingerprint density at radius 1 is 1.19 bits per heavy atom. The molecule has 144 valence electrons. The third kappa shape index (κ3) is 4.16. The first-order chi connectivity index (χ1) is 12.2. The van der Waals surface area contributed by atoms with Crippen LogP contribution in [0.2, 0.25) is 0 Å². The Hall–Kier alpha value is -2.13.